The number of nitro benzene ring substituents is 1. The summed E-state index contributed by atoms with van der Waals surface area (Å²) in [7, 11) is 3.90. The van der Waals surface area contributed by atoms with Crippen molar-refractivity contribution >= 4 is 45.1 Å². The average molecular weight is 466 g/mol. The molecular weight excluding hydrogens is 438 g/mol. The molecule has 5 rings (SSSR count). The third-order valence-corrected chi connectivity index (χ3v) is 7.30. The van der Waals surface area contributed by atoms with Gasteiger partial charge >= 0.3 is 0 Å². The van der Waals surface area contributed by atoms with E-state index in [0.717, 1.165) is 77.7 Å². The molecule has 172 valence electrons. The zero-order valence-electron chi connectivity index (χ0n) is 18.9. The number of benzene rings is 1. The molecule has 0 amide bonds. The van der Waals surface area contributed by atoms with Gasteiger partial charge in [0.1, 0.15) is 10.6 Å². The lowest BCUT2D eigenvalue weighted by Crippen LogP contribution is -2.37. The summed E-state index contributed by atoms with van der Waals surface area (Å²) in [5, 5.41) is 12.3. The summed E-state index contributed by atoms with van der Waals surface area (Å²) in [5.41, 5.74) is 4.64. The maximum absolute atomic E-state index is 11.1. The second-order valence-corrected chi connectivity index (χ2v) is 9.67. The normalized spacial score (nSPS) is 16.4. The third-order valence-electron chi connectivity index (χ3n) is 6.18. The van der Waals surface area contributed by atoms with Crippen LogP contribution in [0, 0.1) is 10.1 Å². The van der Waals surface area contributed by atoms with Gasteiger partial charge in [-0.2, -0.15) is 0 Å². The minimum atomic E-state index is -0.369. The van der Waals surface area contributed by atoms with E-state index in [1.165, 1.54) is 17.5 Å². The highest BCUT2D eigenvalue weighted by Gasteiger charge is 2.27. The molecule has 1 saturated heterocycles. The summed E-state index contributed by atoms with van der Waals surface area (Å²) in [4.78, 5) is 27.1. The van der Waals surface area contributed by atoms with Crippen LogP contribution in [-0.4, -0.2) is 61.5 Å². The Labute approximate surface area is 196 Å². The molecule has 1 fully saturated rings. The number of thiophene rings is 1. The van der Waals surface area contributed by atoms with Crippen molar-refractivity contribution in [2.45, 2.75) is 25.7 Å². The topological polar surface area (TPSA) is 84.1 Å². The van der Waals surface area contributed by atoms with Gasteiger partial charge in [0, 0.05) is 44.7 Å². The molecule has 0 saturated carbocycles. The van der Waals surface area contributed by atoms with Gasteiger partial charge in [-0.05, 0) is 54.5 Å². The van der Waals surface area contributed by atoms with Gasteiger partial charge in [0.25, 0.3) is 5.69 Å². The molecule has 1 aliphatic carbocycles. The lowest BCUT2D eigenvalue weighted by molar-refractivity contribution is -0.384. The predicted molar refractivity (Wildman–Crippen MR) is 133 cm³/mol. The lowest BCUT2D eigenvalue weighted by Gasteiger charge is -2.31. The van der Waals surface area contributed by atoms with Crippen LogP contribution in [-0.2, 0) is 17.6 Å². The highest BCUT2D eigenvalue weighted by atomic mass is 32.1. The third kappa shape index (κ3) is 4.18. The van der Waals surface area contributed by atoms with E-state index < -0.39 is 0 Å². The number of non-ortho nitro benzene ring substituents is 1. The lowest BCUT2D eigenvalue weighted by atomic mass is 9.89. The number of aromatic nitrogens is 1. The number of nitrogens with zero attached hydrogens (tertiary/aromatic N) is 5. The van der Waals surface area contributed by atoms with Crippen LogP contribution in [0.3, 0.4) is 0 Å². The summed E-state index contributed by atoms with van der Waals surface area (Å²) in [5.74, 6) is 1.10. The number of nitro groups is 1. The predicted octanol–water partition coefficient (Wildman–Crippen LogP) is 4.81. The van der Waals surface area contributed by atoms with Crippen molar-refractivity contribution in [2.75, 3.05) is 45.3 Å². The summed E-state index contributed by atoms with van der Waals surface area (Å²) in [6, 6.07) is 6.74. The summed E-state index contributed by atoms with van der Waals surface area (Å²) < 4.78 is 5.58. The van der Waals surface area contributed by atoms with E-state index in [-0.39, 0.29) is 10.6 Å². The maximum atomic E-state index is 11.1. The number of aliphatic imine (C=N–C) groups is 1. The molecule has 8 nitrogen and oxygen atoms in total. The van der Waals surface area contributed by atoms with Crippen LogP contribution in [0.15, 0.2) is 29.3 Å². The number of rotatable bonds is 5. The van der Waals surface area contributed by atoms with E-state index >= 15 is 0 Å². The summed E-state index contributed by atoms with van der Waals surface area (Å²) in [6.07, 6.45) is 6.21. The van der Waals surface area contributed by atoms with Crippen LogP contribution in [0.25, 0.3) is 20.7 Å². The van der Waals surface area contributed by atoms with Gasteiger partial charge in [0.05, 0.1) is 35.0 Å². The second-order valence-electron chi connectivity index (χ2n) is 8.67. The van der Waals surface area contributed by atoms with Gasteiger partial charge in [-0.25, -0.2) is 9.98 Å². The van der Waals surface area contributed by atoms with Crippen LogP contribution in [0.2, 0.25) is 0 Å². The summed E-state index contributed by atoms with van der Waals surface area (Å²) >= 11 is 1.62. The molecule has 33 heavy (non-hydrogen) atoms. The van der Waals surface area contributed by atoms with Gasteiger partial charge in [-0.1, -0.05) is 0 Å². The maximum Gasteiger partial charge on any atom is 0.269 e. The number of ether oxygens (including phenoxy) is 1. The van der Waals surface area contributed by atoms with E-state index in [1.807, 2.05) is 37.5 Å². The van der Waals surface area contributed by atoms with Gasteiger partial charge in [0.15, 0.2) is 0 Å². The second kappa shape index (κ2) is 9.07. The Morgan fingerprint density at radius 1 is 1.15 bits per heavy atom. The number of fused-ring (bicyclic) bond motifs is 3. The van der Waals surface area contributed by atoms with Gasteiger partial charge in [0.2, 0.25) is 0 Å². The number of morpholine rings is 1. The molecule has 1 aliphatic heterocycles. The standard InChI is InChI=1S/C24H27N5O3S/c1-27(2)15-25-21-20-18-5-3-4-6-19(18)23(28-11-13-32-14-12-28)26-24(20)33-22(21)16-7-9-17(10-8-16)29(30)31/h7-10,15H,3-6,11-14H2,1-2H3. The van der Waals surface area contributed by atoms with Crippen molar-refractivity contribution in [2.24, 2.45) is 4.99 Å². The monoisotopic (exact) mass is 465 g/mol. The van der Waals surface area contributed by atoms with E-state index in [4.69, 9.17) is 14.7 Å². The first kappa shape index (κ1) is 21.8. The van der Waals surface area contributed by atoms with E-state index in [1.54, 1.807) is 23.5 Å². The van der Waals surface area contributed by atoms with Crippen LogP contribution in [0.5, 0.6) is 0 Å². The van der Waals surface area contributed by atoms with E-state index in [9.17, 15) is 10.1 Å². The van der Waals surface area contributed by atoms with Crippen LogP contribution >= 0.6 is 11.3 Å². The molecule has 0 spiro atoms. The van der Waals surface area contributed by atoms with Crippen LogP contribution in [0.1, 0.15) is 24.0 Å². The molecule has 1 aromatic carbocycles. The SMILES string of the molecule is CN(C)C=Nc1c(-c2ccc([N+](=O)[O-])cc2)sc2nc(N3CCOCC3)c3c(c12)CCCC3. The Hall–Kier alpha value is -3.04. The number of pyridine rings is 1. The number of anilines is 1. The van der Waals surface area contributed by atoms with Gasteiger partial charge in [-0.3, -0.25) is 10.1 Å². The fourth-order valence-corrected chi connectivity index (χ4v) is 5.77. The first-order valence-corrected chi connectivity index (χ1v) is 12.1. The molecule has 2 aliphatic rings. The molecule has 3 heterocycles. The Balaban J connectivity index is 1.73. The molecule has 0 N–H and O–H groups in total. The Morgan fingerprint density at radius 3 is 2.52 bits per heavy atom. The molecule has 0 atom stereocenters. The minimum Gasteiger partial charge on any atom is -0.378 e. The van der Waals surface area contributed by atoms with Crippen molar-refractivity contribution < 1.29 is 9.66 Å². The van der Waals surface area contributed by atoms with Gasteiger partial charge in [-0.15, -0.1) is 11.3 Å². The first-order chi connectivity index (χ1) is 16.0. The quantitative estimate of drug-likeness (QED) is 0.233. The molecule has 0 unspecified atom stereocenters. The fourth-order valence-electron chi connectivity index (χ4n) is 4.62. The van der Waals surface area contributed by atoms with E-state index in [2.05, 4.69) is 4.90 Å². The van der Waals surface area contributed by atoms with Crippen molar-refractivity contribution in [1.82, 2.24) is 9.88 Å². The first-order valence-electron chi connectivity index (χ1n) is 11.3. The molecular formula is C24H27N5O3S. The molecule has 9 heteroatoms. The molecule has 3 aromatic rings. The number of aryl methyl sites for hydroxylation is 1. The minimum absolute atomic E-state index is 0.0864. The molecule has 2 aromatic heterocycles. The van der Waals surface area contributed by atoms with Crippen molar-refractivity contribution in [3.8, 4) is 10.4 Å². The number of hydrogen-bond donors (Lipinski definition) is 0. The van der Waals surface area contributed by atoms with Gasteiger partial charge < -0.3 is 14.5 Å². The highest BCUT2D eigenvalue weighted by Crippen LogP contribution is 2.48. The highest BCUT2D eigenvalue weighted by molar-refractivity contribution is 7.22. The largest absolute Gasteiger partial charge is 0.378 e. The van der Waals surface area contributed by atoms with Crippen molar-refractivity contribution in [3.05, 3.63) is 45.5 Å². The zero-order chi connectivity index (χ0) is 22.9. The Bertz CT molecular complexity index is 1210. The van der Waals surface area contributed by atoms with Crippen LogP contribution in [0.4, 0.5) is 17.2 Å². The smallest absolute Gasteiger partial charge is 0.269 e. The Kier molecular flexibility index (Phi) is 5.99. The Morgan fingerprint density at radius 2 is 1.85 bits per heavy atom. The summed E-state index contributed by atoms with van der Waals surface area (Å²) in [6.45, 7) is 3.17. The fraction of sp³-hybridized carbons (Fsp3) is 0.417. The van der Waals surface area contributed by atoms with Crippen molar-refractivity contribution in [1.29, 1.82) is 0 Å². The zero-order valence-corrected chi connectivity index (χ0v) is 19.7. The average Bonchev–Trinajstić information content (AvgIpc) is 3.21. The molecule has 0 radical (unpaired) electrons. The molecule has 0 bridgehead atoms. The van der Waals surface area contributed by atoms with E-state index in [0.29, 0.717) is 0 Å². The van der Waals surface area contributed by atoms with Crippen LogP contribution < -0.4 is 4.90 Å². The number of hydrogen-bond acceptors (Lipinski definition) is 7. The van der Waals surface area contributed by atoms with Crippen molar-refractivity contribution in [3.63, 3.8) is 0 Å².